The number of nitrogens with one attached hydrogen (secondary N) is 1. The van der Waals surface area contributed by atoms with Gasteiger partial charge in [0.05, 0.1) is 10.7 Å². The Morgan fingerprint density at radius 3 is 3.00 bits per heavy atom. The van der Waals surface area contributed by atoms with Gasteiger partial charge in [0.1, 0.15) is 0 Å². The van der Waals surface area contributed by atoms with Crippen LogP contribution in [0.3, 0.4) is 0 Å². The van der Waals surface area contributed by atoms with E-state index in [0.29, 0.717) is 17.1 Å². The molecule has 1 aliphatic carbocycles. The zero-order valence-corrected chi connectivity index (χ0v) is 14.0. The average Bonchev–Trinajstić information content (AvgIpc) is 2.94. The number of halogens is 1. The fourth-order valence-corrected chi connectivity index (χ4v) is 4.07. The lowest BCUT2D eigenvalue weighted by Gasteiger charge is -2.06. The molecule has 0 spiro atoms. The number of amides is 1. The maximum absolute atomic E-state index is 12.0. The second kappa shape index (κ2) is 7.25. The first-order chi connectivity index (χ1) is 10.7. The molecular formula is C17H19ClN2OS. The van der Waals surface area contributed by atoms with Crippen LogP contribution in [-0.2, 0) is 19.3 Å². The summed E-state index contributed by atoms with van der Waals surface area (Å²) in [6, 6.07) is 7.02. The molecule has 0 fully saturated rings. The van der Waals surface area contributed by atoms with Crippen molar-refractivity contribution in [3.05, 3.63) is 50.4 Å². The van der Waals surface area contributed by atoms with Crippen molar-refractivity contribution in [2.24, 2.45) is 0 Å². The summed E-state index contributed by atoms with van der Waals surface area (Å²) in [5, 5.41) is 4.73. The number of aromatic nitrogens is 1. The number of benzene rings is 1. The molecule has 0 unspecified atom stereocenters. The number of rotatable bonds is 5. The maximum Gasteiger partial charge on any atom is 0.251 e. The Bertz CT molecular complexity index is 645. The maximum atomic E-state index is 12.0. The summed E-state index contributed by atoms with van der Waals surface area (Å²) < 4.78 is 0. The van der Waals surface area contributed by atoms with Crippen LogP contribution in [0.15, 0.2) is 24.3 Å². The Morgan fingerprint density at radius 1 is 1.32 bits per heavy atom. The highest BCUT2D eigenvalue weighted by Gasteiger charge is 2.14. The first kappa shape index (κ1) is 15.5. The molecule has 0 radical (unpaired) electrons. The predicted molar refractivity (Wildman–Crippen MR) is 90.9 cm³/mol. The number of thiazole rings is 1. The van der Waals surface area contributed by atoms with Gasteiger partial charge in [-0.1, -0.05) is 17.7 Å². The third-order valence-electron chi connectivity index (χ3n) is 3.83. The van der Waals surface area contributed by atoms with E-state index in [0.717, 1.165) is 19.3 Å². The normalized spacial score (nSPS) is 13.7. The van der Waals surface area contributed by atoms with Crippen molar-refractivity contribution in [3.8, 4) is 0 Å². The Morgan fingerprint density at radius 2 is 2.18 bits per heavy atom. The van der Waals surface area contributed by atoms with Crippen molar-refractivity contribution in [1.29, 1.82) is 0 Å². The van der Waals surface area contributed by atoms with E-state index in [1.165, 1.54) is 34.8 Å². The first-order valence-corrected chi connectivity index (χ1v) is 8.93. The Hall–Kier alpha value is -1.39. The van der Waals surface area contributed by atoms with E-state index >= 15 is 0 Å². The van der Waals surface area contributed by atoms with Gasteiger partial charge in [-0.05, 0) is 50.3 Å². The topological polar surface area (TPSA) is 42.0 Å². The first-order valence-electron chi connectivity index (χ1n) is 7.73. The van der Waals surface area contributed by atoms with E-state index in [1.54, 1.807) is 24.3 Å². The molecule has 0 aliphatic heterocycles. The number of carbonyl (C=O) groups is 1. The van der Waals surface area contributed by atoms with Gasteiger partial charge in [0.25, 0.3) is 5.91 Å². The van der Waals surface area contributed by atoms with Crippen LogP contribution in [0.25, 0.3) is 0 Å². The molecule has 2 aromatic rings. The van der Waals surface area contributed by atoms with Crippen molar-refractivity contribution in [2.45, 2.75) is 38.5 Å². The second-order valence-electron chi connectivity index (χ2n) is 5.55. The van der Waals surface area contributed by atoms with Gasteiger partial charge in [-0.2, -0.15) is 0 Å². The van der Waals surface area contributed by atoms with Gasteiger partial charge in [0.15, 0.2) is 0 Å². The average molecular weight is 335 g/mol. The van der Waals surface area contributed by atoms with Crippen molar-refractivity contribution in [3.63, 3.8) is 0 Å². The van der Waals surface area contributed by atoms with Crippen LogP contribution in [0.4, 0.5) is 0 Å². The van der Waals surface area contributed by atoms with Crippen molar-refractivity contribution in [2.75, 3.05) is 6.54 Å². The van der Waals surface area contributed by atoms with Gasteiger partial charge in [-0.15, -0.1) is 11.3 Å². The fraction of sp³-hybridized carbons (Fsp3) is 0.412. The smallest absolute Gasteiger partial charge is 0.251 e. The monoisotopic (exact) mass is 334 g/mol. The highest BCUT2D eigenvalue weighted by atomic mass is 35.5. The quantitative estimate of drug-likeness (QED) is 0.838. The zero-order valence-electron chi connectivity index (χ0n) is 12.4. The molecule has 1 aliphatic rings. The molecule has 1 aromatic carbocycles. The summed E-state index contributed by atoms with van der Waals surface area (Å²) in [5.74, 6) is -0.0686. The summed E-state index contributed by atoms with van der Waals surface area (Å²) in [4.78, 5) is 18.2. The number of carbonyl (C=O) groups excluding carboxylic acids is 1. The van der Waals surface area contributed by atoms with E-state index in [1.807, 2.05) is 11.3 Å². The summed E-state index contributed by atoms with van der Waals surface area (Å²) in [7, 11) is 0. The van der Waals surface area contributed by atoms with Crippen LogP contribution >= 0.6 is 22.9 Å². The molecule has 0 saturated carbocycles. The minimum atomic E-state index is -0.0686. The van der Waals surface area contributed by atoms with Crippen LogP contribution in [0.5, 0.6) is 0 Å². The minimum absolute atomic E-state index is 0.0686. The minimum Gasteiger partial charge on any atom is -0.352 e. The van der Waals surface area contributed by atoms with E-state index in [2.05, 4.69) is 5.32 Å². The number of hydrogen-bond acceptors (Lipinski definition) is 3. The van der Waals surface area contributed by atoms with Crippen LogP contribution in [0.2, 0.25) is 5.02 Å². The molecule has 0 saturated heterocycles. The van der Waals surface area contributed by atoms with Crippen molar-refractivity contribution in [1.82, 2.24) is 10.3 Å². The van der Waals surface area contributed by atoms with E-state index < -0.39 is 0 Å². The molecule has 1 amide bonds. The van der Waals surface area contributed by atoms with Crippen LogP contribution in [0.1, 0.15) is 45.2 Å². The van der Waals surface area contributed by atoms with E-state index in [9.17, 15) is 4.79 Å². The van der Waals surface area contributed by atoms with Gasteiger partial charge < -0.3 is 5.32 Å². The molecule has 3 nitrogen and oxygen atoms in total. The van der Waals surface area contributed by atoms with E-state index in [4.69, 9.17) is 16.6 Å². The number of hydrogen-bond donors (Lipinski definition) is 1. The molecule has 1 N–H and O–H groups in total. The highest BCUT2D eigenvalue weighted by Crippen LogP contribution is 2.27. The Labute approximate surface area is 139 Å². The van der Waals surface area contributed by atoms with Gasteiger partial charge in [0.2, 0.25) is 0 Å². The lowest BCUT2D eigenvalue weighted by Crippen LogP contribution is -2.24. The van der Waals surface area contributed by atoms with Gasteiger partial charge >= 0.3 is 0 Å². The highest BCUT2D eigenvalue weighted by molar-refractivity contribution is 7.11. The van der Waals surface area contributed by atoms with Gasteiger partial charge in [-0.25, -0.2) is 4.98 Å². The fourth-order valence-electron chi connectivity index (χ4n) is 2.69. The lowest BCUT2D eigenvalue weighted by atomic mass is 10.0. The molecule has 22 heavy (non-hydrogen) atoms. The molecule has 1 aromatic heterocycles. The third-order valence-corrected chi connectivity index (χ3v) is 5.28. The van der Waals surface area contributed by atoms with Crippen LogP contribution in [0, 0.1) is 0 Å². The van der Waals surface area contributed by atoms with E-state index in [-0.39, 0.29) is 5.91 Å². The van der Waals surface area contributed by atoms with Crippen molar-refractivity contribution >= 4 is 28.8 Å². The SMILES string of the molecule is O=C(NCCCc1nc2c(s1)CCCC2)c1cccc(Cl)c1. The van der Waals surface area contributed by atoms with Gasteiger partial charge in [0, 0.05) is 28.4 Å². The Kier molecular flexibility index (Phi) is 5.11. The molecular weight excluding hydrogens is 316 g/mol. The third kappa shape index (κ3) is 3.87. The standard InChI is InChI=1S/C17H19ClN2OS/c18-13-6-3-5-12(11-13)17(21)19-10-4-9-16-20-14-7-1-2-8-15(14)22-16/h3,5-6,11H,1-2,4,7-10H2,(H,19,21). The zero-order chi connectivity index (χ0) is 15.4. The summed E-state index contributed by atoms with van der Waals surface area (Å²) in [6.45, 7) is 0.662. The summed E-state index contributed by atoms with van der Waals surface area (Å²) in [5.41, 5.74) is 1.92. The van der Waals surface area contributed by atoms with Crippen molar-refractivity contribution < 1.29 is 4.79 Å². The lowest BCUT2D eigenvalue weighted by molar-refractivity contribution is 0.0953. The molecule has 3 rings (SSSR count). The molecule has 1 heterocycles. The molecule has 116 valence electrons. The molecule has 0 bridgehead atoms. The van der Waals surface area contributed by atoms with Crippen LogP contribution in [-0.4, -0.2) is 17.4 Å². The number of aryl methyl sites for hydroxylation is 3. The largest absolute Gasteiger partial charge is 0.352 e. The molecule has 5 heteroatoms. The predicted octanol–water partition coefficient (Wildman–Crippen LogP) is 4.04. The Balaban J connectivity index is 1.45. The second-order valence-corrected chi connectivity index (χ2v) is 7.16. The summed E-state index contributed by atoms with van der Waals surface area (Å²) in [6.07, 6.45) is 6.75. The molecule has 0 atom stereocenters. The summed E-state index contributed by atoms with van der Waals surface area (Å²) >= 11 is 7.74. The number of fused-ring (bicyclic) bond motifs is 1. The van der Waals surface area contributed by atoms with Crippen LogP contribution < -0.4 is 5.32 Å². The van der Waals surface area contributed by atoms with Gasteiger partial charge in [-0.3, -0.25) is 4.79 Å². The number of nitrogens with zero attached hydrogens (tertiary/aromatic N) is 1.